The number of carbonyl (C=O) groups is 1. The average molecular weight is 282 g/mol. The lowest BCUT2D eigenvalue weighted by molar-refractivity contribution is -0.132. The summed E-state index contributed by atoms with van der Waals surface area (Å²) >= 11 is 0. The van der Waals surface area contributed by atoms with E-state index in [1.165, 1.54) is 11.0 Å². The van der Waals surface area contributed by atoms with Gasteiger partial charge in [-0.25, -0.2) is 4.68 Å². The molecule has 1 fully saturated rings. The second-order valence-electron chi connectivity index (χ2n) is 5.70. The Labute approximate surface area is 118 Å². The highest BCUT2D eigenvalue weighted by molar-refractivity contribution is 5.75. The molecule has 0 bridgehead atoms. The van der Waals surface area contributed by atoms with Gasteiger partial charge in [-0.1, -0.05) is 0 Å². The van der Waals surface area contributed by atoms with Crippen LogP contribution in [0.4, 0.5) is 0 Å². The van der Waals surface area contributed by atoms with Gasteiger partial charge < -0.3 is 14.9 Å². The Morgan fingerprint density at radius 1 is 1.40 bits per heavy atom. The number of hydrogen-bond donors (Lipinski definition) is 1. The smallest absolute Gasteiger partial charge is 0.244 e. The number of aliphatic hydroxyl groups is 1. The average Bonchev–Trinajstić information content (AvgIpc) is 2.77. The van der Waals surface area contributed by atoms with Gasteiger partial charge in [-0.3, -0.25) is 4.79 Å². The first kappa shape index (κ1) is 14.9. The van der Waals surface area contributed by atoms with E-state index in [0.29, 0.717) is 26.1 Å². The van der Waals surface area contributed by atoms with Crippen molar-refractivity contribution < 1.29 is 9.90 Å². The lowest BCUT2D eigenvalue weighted by Gasteiger charge is -2.29. The summed E-state index contributed by atoms with van der Waals surface area (Å²) in [7, 11) is 3.90. The second kappa shape index (κ2) is 6.27. The van der Waals surface area contributed by atoms with Gasteiger partial charge in [0.2, 0.25) is 5.91 Å². The van der Waals surface area contributed by atoms with Gasteiger partial charge in [-0.05, 0) is 43.8 Å². The first-order valence-corrected chi connectivity index (χ1v) is 6.84. The third-order valence-electron chi connectivity index (χ3n) is 3.57. The summed E-state index contributed by atoms with van der Waals surface area (Å²) < 4.78 is 1.42. The molecular weight excluding hydrogens is 260 g/mol. The van der Waals surface area contributed by atoms with E-state index in [4.69, 9.17) is 0 Å². The molecule has 1 aliphatic rings. The third-order valence-corrected chi connectivity index (χ3v) is 3.57. The van der Waals surface area contributed by atoms with Gasteiger partial charge in [0, 0.05) is 19.6 Å². The zero-order valence-electron chi connectivity index (χ0n) is 12.1. The number of tetrazole rings is 1. The second-order valence-corrected chi connectivity index (χ2v) is 5.70. The highest BCUT2D eigenvalue weighted by atomic mass is 16.3. The van der Waals surface area contributed by atoms with E-state index < -0.39 is 5.60 Å². The molecule has 1 unspecified atom stereocenters. The highest BCUT2D eigenvalue weighted by Gasteiger charge is 2.31. The molecule has 1 aliphatic heterocycles. The molecule has 1 aromatic heterocycles. The van der Waals surface area contributed by atoms with Crippen LogP contribution in [0.1, 0.15) is 19.3 Å². The summed E-state index contributed by atoms with van der Waals surface area (Å²) in [6.45, 7) is 2.03. The van der Waals surface area contributed by atoms with Crippen LogP contribution in [0.3, 0.4) is 0 Å². The van der Waals surface area contributed by atoms with Gasteiger partial charge in [0.25, 0.3) is 0 Å². The van der Waals surface area contributed by atoms with Crippen molar-refractivity contribution in [3.63, 3.8) is 0 Å². The minimum atomic E-state index is -0.701. The van der Waals surface area contributed by atoms with Gasteiger partial charge in [0.15, 0.2) is 0 Å². The summed E-state index contributed by atoms with van der Waals surface area (Å²) in [6.07, 6.45) is 3.57. The molecule has 8 nitrogen and oxygen atoms in total. The van der Waals surface area contributed by atoms with Crippen molar-refractivity contribution in [1.29, 1.82) is 0 Å². The maximum absolute atomic E-state index is 12.2. The fourth-order valence-corrected chi connectivity index (χ4v) is 2.67. The lowest BCUT2D eigenvalue weighted by Crippen LogP contribution is -2.41. The number of likely N-dealkylation sites (N-methyl/N-ethyl adjacent to an activating group) is 1. The molecule has 0 aliphatic carbocycles. The predicted molar refractivity (Wildman–Crippen MR) is 71.8 cm³/mol. The number of amides is 1. The van der Waals surface area contributed by atoms with Gasteiger partial charge in [-0.2, -0.15) is 0 Å². The number of aromatic nitrogens is 4. The number of nitrogens with zero attached hydrogens (tertiary/aromatic N) is 6. The molecule has 2 heterocycles. The van der Waals surface area contributed by atoms with Crippen LogP contribution < -0.4 is 0 Å². The topological polar surface area (TPSA) is 87.4 Å². The molecular formula is C12H22N6O2. The molecule has 0 saturated carbocycles. The molecule has 2 rings (SSSR count). The summed E-state index contributed by atoms with van der Waals surface area (Å²) in [5.41, 5.74) is -0.701. The molecule has 20 heavy (non-hydrogen) atoms. The van der Waals surface area contributed by atoms with Crippen LogP contribution >= 0.6 is 0 Å². The van der Waals surface area contributed by atoms with Gasteiger partial charge in [0.1, 0.15) is 12.9 Å². The van der Waals surface area contributed by atoms with Crippen molar-refractivity contribution in [2.24, 2.45) is 0 Å². The molecule has 8 heteroatoms. The first-order chi connectivity index (χ1) is 9.48. The summed E-state index contributed by atoms with van der Waals surface area (Å²) in [4.78, 5) is 15.9. The van der Waals surface area contributed by atoms with E-state index in [2.05, 4.69) is 15.5 Å². The van der Waals surface area contributed by atoms with E-state index in [1.807, 2.05) is 19.0 Å². The monoisotopic (exact) mass is 282 g/mol. The Morgan fingerprint density at radius 2 is 2.20 bits per heavy atom. The van der Waals surface area contributed by atoms with E-state index in [-0.39, 0.29) is 12.5 Å². The Kier molecular flexibility index (Phi) is 4.66. The third kappa shape index (κ3) is 3.97. The zero-order valence-corrected chi connectivity index (χ0v) is 12.1. The quantitative estimate of drug-likeness (QED) is 0.760. The lowest BCUT2D eigenvalue weighted by atomic mass is 9.94. The molecule has 112 valence electrons. The van der Waals surface area contributed by atoms with Crippen LogP contribution in [-0.4, -0.2) is 80.4 Å². The van der Waals surface area contributed by atoms with E-state index in [1.54, 1.807) is 4.90 Å². The molecule has 0 radical (unpaired) electrons. The first-order valence-electron chi connectivity index (χ1n) is 6.84. The molecule has 1 atom stereocenters. The zero-order chi connectivity index (χ0) is 14.6. The molecule has 0 aromatic carbocycles. The van der Waals surface area contributed by atoms with Gasteiger partial charge in [0.05, 0.1) is 5.60 Å². The Hall–Kier alpha value is -1.54. The Balaban J connectivity index is 1.90. The summed E-state index contributed by atoms with van der Waals surface area (Å²) in [5, 5.41) is 21.3. The van der Waals surface area contributed by atoms with Crippen molar-refractivity contribution in [1.82, 2.24) is 30.0 Å². The highest BCUT2D eigenvalue weighted by Crippen LogP contribution is 2.23. The van der Waals surface area contributed by atoms with Crippen molar-refractivity contribution in [3.8, 4) is 0 Å². The normalized spacial score (nSPS) is 23.9. The van der Waals surface area contributed by atoms with E-state index in [9.17, 15) is 9.90 Å². The number of rotatable bonds is 4. The predicted octanol–water partition coefficient (Wildman–Crippen LogP) is -1.02. The number of hydrogen-bond acceptors (Lipinski definition) is 6. The maximum Gasteiger partial charge on any atom is 0.244 e. The largest absolute Gasteiger partial charge is 0.388 e. The molecule has 1 saturated heterocycles. The fourth-order valence-electron chi connectivity index (χ4n) is 2.67. The standard InChI is InChI=1S/C12H22N6O2/c1-16(2)9-12(20)4-3-6-17(7-5-12)11(19)8-18-10-13-14-15-18/h10,20H,3-9H2,1-2H3. The molecule has 1 amide bonds. The van der Waals surface area contributed by atoms with E-state index in [0.717, 1.165) is 12.8 Å². The van der Waals surface area contributed by atoms with Crippen molar-refractivity contribution in [2.75, 3.05) is 33.7 Å². The summed E-state index contributed by atoms with van der Waals surface area (Å²) in [5.74, 6) is -0.00796. The van der Waals surface area contributed by atoms with E-state index >= 15 is 0 Å². The summed E-state index contributed by atoms with van der Waals surface area (Å²) in [6, 6.07) is 0. The molecule has 1 aromatic rings. The minimum Gasteiger partial charge on any atom is -0.388 e. The number of carbonyl (C=O) groups excluding carboxylic acids is 1. The Morgan fingerprint density at radius 3 is 2.85 bits per heavy atom. The fraction of sp³-hybridized carbons (Fsp3) is 0.833. The van der Waals surface area contributed by atoms with Crippen LogP contribution in [0.2, 0.25) is 0 Å². The van der Waals surface area contributed by atoms with Gasteiger partial charge in [-0.15, -0.1) is 5.10 Å². The van der Waals surface area contributed by atoms with Gasteiger partial charge >= 0.3 is 0 Å². The minimum absolute atomic E-state index is 0.00796. The number of likely N-dealkylation sites (tertiary alicyclic amines) is 1. The van der Waals surface area contributed by atoms with Crippen LogP contribution in [0.15, 0.2) is 6.33 Å². The van der Waals surface area contributed by atoms with Crippen LogP contribution in [0.25, 0.3) is 0 Å². The maximum atomic E-state index is 12.2. The molecule has 0 spiro atoms. The Bertz CT molecular complexity index is 435. The van der Waals surface area contributed by atoms with Crippen LogP contribution in [0.5, 0.6) is 0 Å². The SMILES string of the molecule is CN(C)CC1(O)CCCN(C(=O)Cn2cnnn2)CC1. The van der Waals surface area contributed by atoms with Crippen LogP contribution in [0, 0.1) is 0 Å². The van der Waals surface area contributed by atoms with Crippen molar-refractivity contribution >= 4 is 5.91 Å². The van der Waals surface area contributed by atoms with Crippen molar-refractivity contribution in [3.05, 3.63) is 6.33 Å². The van der Waals surface area contributed by atoms with Crippen LogP contribution in [-0.2, 0) is 11.3 Å². The van der Waals surface area contributed by atoms with Crippen molar-refractivity contribution in [2.45, 2.75) is 31.4 Å². The molecule has 1 N–H and O–H groups in total.